The van der Waals surface area contributed by atoms with Gasteiger partial charge >= 0.3 is 34.1 Å². The molecule has 5 aromatic rings. The first-order chi connectivity index (χ1) is 38.4. The Hall–Kier alpha value is -7.51. The number of rotatable bonds is 22. The van der Waals surface area contributed by atoms with Crippen molar-refractivity contribution in [3.8, 4) is 11.5 Å². The minimum Gasteiger partial charge on any atom is -0.492 e. The van der Waals surface area contributed by atoms with Gasteiger partial charge in [-0.2, -0.15) is 0 Å². The molecule has 15 heteroatoms. The van der Waals surface area contributed by atoms with Gasteiger partial charge in [-0.1, -0.05) is 169 Å². The summed E-state index contributed by atoms with van der Waals surface area (Å²) in [5.41, 5.74) is 5.77. The molecule has 0 N–H and O–H groups in total. The zero-order valence-electron chi connectivity index (χ0n) is 44.9. The first-order valence-electron chi connectivity index (χ1n) is 27.3. The van der Waals surface area contributed by atoms with Crippen LogP contribution in [-0.2, 0) is 65.1 Å². The first-order valence-corrected chi connectivity index (χ1v) is 27.3. The van der Waals surface area contributed by atoms with Crippen LogP contribution in [0.1, 0.15) is 95.5 Å². The van der Waals surface area contributed by atoms with Gasteiger partial charge in [-0.15, -0.1) is 10.2 Å². The molecule has 1 saturated heterocycles. The number of amides is 1. The van der Waals surface area contributed by atoms with E-state index in [-0.39, 0.29) is 63.7 Å². The number of carbonyl (C=O) groups excluding carboxylic acids is 3. The molecule has 0 unspecified atom stereocenters. The second-order valence-electron chi connectivity index (χ2n) is 19.6. The summed E-state index contributed by atoms with van der Waals surface area (Å²) in [4.78, 5) is 44.0. The van der Waals surface area contributed by atoms with Crippen LogP contribution in [0.3, 0.4) is 0 Å². The fourth-order valence-corrected chi connectivity index (χ4v) is 9.82. The van der Waals surface area contributed by atoms with Crippen molar-refractivity contribution in [2.75, 3.05) is 13.2 Å². The van der Waals surface area contributed by atoms with Crippen LogP contribution in [0.2, 0.25) is 0 Å². The Morgan fingerprint density at radius 1 is 0.588 bits per heavy atom. The Balaban J connectivity index is 0.000000695. The number of β-lactam (4-membered cyclic amide) rings is 1. The van der Waals surface area contributed by atoms with Crippen LogP contribution in [0.25, 0.3) is 6.08 Å². The molecule has 3 aromatic carbocycles. The van der Waals surface area contributed by atoms with E-state index in [9.17, 15) is 14.4 Å². The molecule has 2 fully saturated rings. The Bertz CT molecular complexity index is 2970. The number of ether oxygens (including phenoxy) is 2. The van der Waals surface area contributed by atoms with Gasteiger partial charge in [0.05, 0.1) is 30.5 Å². The molecular weight excluding hydrogens is 1080 g/mol. The Labute approximate surface area is 491 Å². The molecule has 0 bridgehead atoms. The fourth-order valence-electron chi connectivity index (χ4n) is 9.82. The maximum Gasteiger partial charge on any atom is 2.00 e. The predicted molar refractivity (Wildman–Crippen MR) is 306 cm³/mol. The van der Waals surface area contributed by atoms with Crippen LogP contribution in [0, 0.1) is 0 Å². The van der Waals surface area contributed by atoms with Crippen molar-refractivity contribution in [2.45, 2.75) is 102 Å². The van der Waals surface area contributed by atoms with Crippen LogP contribution in [-0.4, -0.2) is 88.6 Å². The molecule has 5 aliphatic carbocycles. The molecule has 13 nitrogen and oxygen atoms in total. The van der Waals surface area contributed by atoms with Crippen molar-refractivity contribution >= 4 is 23.5 Å². The van der Waals surface area contributed by atoms with Gasteiger partial charge in [0.15, 0.2) is 11.6 Å². The van der Waals surface area contributed by atoms with Crippen molar-refractivity contribution in [3.05, 3.63) is 246 Å². The normalized spacial score (nSPS) is 17.8. The van der Waals surface area contributed by atoms with E-state index in [0.29, 0.717) is 73.4 Å². The van der Waals surface area contributed by atoms with Gasteiger partial charge in [0.1, 0.15) is 30.8 Å². The predicted octanol–water partition coefficient (Wildman–Crippen LogP) is 11.9. The van der Waals surface area contributed by atoms with Gasteiger partial charge in [-0.25, -0.2) is 9.36 Å². The fraction of sp³-hybridized carbons (Fsp3) is 0.277. The number of aromatic nitrogens is 6. The monoisotopic (exact) mass is 1150 g/mol. The molecule has 11 rings (SSSR count). The van der Waals surface area contributed by atoms with Gasteiger partial charge in [0, 0.05) is 42.7 Å². The molecule has 410 valence electrons. The standard InChI is InChI=1S/C55H56N8O5.2C5H6.2Fe/c64-52(31-20-42-13-7-8-14-42)44-22-26-49(27-23-44)67-35-33-61-39-46(56-58-61)37-60(54-51(30-19-41-11-3-1-4-12-41)63(55(54)66)48-17-5-2-6-18-48)38-47-40-62(59-57-47)34-36-68-50-28-24-45(25-29-50)53(65)32-21-43-15-9-10-16-43;2*1-2-4-5-3-1;;/h1,3-4,7,9,11-16,19-32,39-40,48,51,54H,2,5-6,8,10,17-18,33-38H2;2*1-4H,5H2;;/q;;;2*+2/b30-19+,31-20+,32-21+;;;;/t51-,54+;;;;/m1..../s1. The maximum absolute atomic E-state index is 14.4. The summed E-state index contributed by atoms with van der Waals surface area (Å²) in [5, 5.41) is 17.9. The smallest absolute Gasteiger partial charge is 0.492 e. The maximum atomic E-state index is 14.4. The molecule has 1 amide bonds. The zero-order chi connectivity index (χ0) is 53.6. The number of hydrogen-bond donors (Lipinski definition) is 0. The Morgan fingerprint density at radius 2 is 1.07 bits per heavy atom. The van der Waals surface area contributed by atoms with Gasteiger partial charge in [0.2, 0.25) is 5.91 Å². The number of hydrogen-bond acceptors (Lipinski definition) is 10. The molecule has 1 saturated carbocycles. The second-order valence-corrected chi connectivity index (χ2v) is 19.6. The first kappa shape index (κ1) is 60.1. The molecule has 1 aliphatic heterocycles. The topological polar surface area (TPSA) is 138 Å². The van der Waals surface area contributed by atoms with E-state index in [1.165, 1.54) is 6.42 Å². The van der Waals surface area contributed by atoms with Gasteiger partial charge < -0.3 is 14.4 Å². The number of benzene rings is 3. The third kappa shape index (κ3) is 18.0. The summed E-state index contributed by atoms with van der Waals surface area (Å²) >= 11 is 0. The molecular formula is C65H68Fe2N8O5+4. The summed E-state index contributed by atoms with van der Waals surface area (Å²) in [5.74, 6) is 1.29. The third-order valence-electron chi connectivity index (χ3n) is 13.9. The number of allylic oxidation sites excluding steroid dienone is 20. The Morgan fingerprint density at radius 3 is 1.51 bits per heavy atom. The molecule has 2 atom stereocenters. The van der Waals surface area contributed by atoms with E-state index in [1.807, 2.05) is 54.9 Å². The summed E-state index contributed by atoms with van der Waals surface area (Å²) < 4.78 is 15.5. The van der Waals surface area contributed by atoms with Crippen LogP contribution in [0.4, 0.5) is 0 Å². The molecule has 2 aromatic heterocycles. The average molecular weight is 1150 g/mol. The SMILES string of the molecule is C1=CCC=C1.C1=CCC=C1.O=C(/C=C/C1=CCC=C1)c1ccc(OCCn2cc(CN(Cc3cn(CCOc4ccc(C(=O)/C=C/C5=CCC=C5)cc4)nn3)[C@@H]3C(=O)N(C4CCCCC4)[C@@H]3/C=C/c3ccccc3)nn2)cc1.[Fe+2].[Fe+2]. The zero-order valence-corrected chi connectivity index (χ0v) is 47.1. The third-order valence-corrected chi connectivity index (χ3v) is 13.9. The van der Waals surface area contributed by atoms with Crippen LogP contribution in [0.15, 0.2) is 218 Å². The van der Waals surface area contributed by atoms with Crippen molar-refractivity contribution in [2.24, 2.45) is 0 Å². The minimum absolute atomic E-state index is 0. The van der Waals surface area contributed by atoms with Crippen LogP contribution in [0.5, 0.6) is 11.5 Å². The summed E-state index contributed by atoms with van der Waals surface area (Å²) in [6, 6.07) is 24.1. The molecule has 3 heterocycles. The van der Waals surface area contributed by atoms with Gasteiger partial charge in [-0.3, -0.25) is 19.3 Å². The summed E-state index contributed by atoms with van der Waals surface area (Å²) in [7, 11) is 0. The molecule has 0 radical (unpaired) electrons. The van der Waals surface area contributed by atoms with E-state index in [2.05, 4.69) is 128 Å². The molecule has 80 heavy (non-hydrogen) atoms. The van der Waals surface area contributed by atoms with Crippen molar-refractivity contribution in [1.29, 1.82) is 0 Å². The van der Waals surface area contributed by atoms with Gasteiger partial charge in [-0.05, 0) is 116 Å². The summed E-state index contributed by atoms with van der Waals surface area (Å²) in [6.07, 6.45) is 53.5. The quantitative estimate of drug-likeness (QED) is 0.0285. The molecule has 0 spiro atoms. The van der Waals surface area contributed by atoms with E-state index >= 15 is 0 Å². The average Bonchev–Trinajstić information content (AvgIpc) is 4.46. The van der Waals surface area contributed by atoms with Crippen LogP contribution >= 0.6 is 0 Å². The number of likely N-dealkylation sites (tertiary alicyclic amines) is 1. The van der Waals surface area contributed by atoms with Gasteiger partial charge in [0.25, 0.3) is 0 Å². The van der Waals surface area contributed by atoms with Crippen molar-refractivity contribution in [1.82, 2.24) is 39.8 Å². The van der Waals surface area contributed by atoms with E-state index in [4.69, 9.17) is 9.47 Å². The molecule has 6 aliphatic rings. The number of carbonyl (C=O) groups is 3. The van der Waals surface area contributed by atoms with E-state index < -0.39 is 6.04 Å². The minimum atomic E-state index is -0.442. The summed E-state index contributed by atoms with van der Waals surface area (Å²) in [6.45, 7) is 2.31. The Kier molecular flexibility index (Phi) is 24.0. The number of nitrogens with zero attached hydrogens (tertiary/aromatic N) is 8. The van der Waals surface area contributed by atoms with E-state index in [1.54, 1.807) is 70.0 Å². The van der Waals surface area contributed by atoms with Crippen molar-refractivity contribution in [3.63, 3.8) is 0 Å². The van der Waals surface area contributed by atoms with Crippen LogP contribution < -0.4 is 9.47 Å². The van der Waals surface area contributed by atoms with E-state index in [0.717, 1.165) is 68.1 Å². The van der Waals surface area contributed by atoms with Crippen molar-refractivity contribution < 1.29 is 58.0 Å². The second kappa shape index (κ2) is 31.9. The largest absolute Gasteiger partial charge is 2.00 e. The number of ketones is 2.